The van der Waals surface area contributed by atoms with Gasteiger partial charge in [0.15, 0.2) is 0 Å². The van der Waals surface area contributed by atoms with Crippen molar-refractivity contribution in [2.75, 3.05) is 5.32 Å². The summed E-state index contributed by atoms with van der Waals surface area (Å²) in [7, 11) is 0. The molecular formula is C19H16FN3O3S. The molecule has 0 saturated carbocycles. The smallest absolute Gasteiger partial charge is 0.255 e. The quantitative estimate of drug-likeness (QED) is 0.679. The van der Waals surface area contributed by atoms with E-state index in [0.717, 1.165) is 16.8 Å². The van der Waals surface area contributed by atoms with E-state index in [1.807, 2.05) is 12.3 Å². The average molecular weight is 385 g/mol. The van der Waals surface area contributed by atoms with Gasteiger partial charge in [0.25, 0.3) is 11.8 Å². The van der Waals surface area contributed by atoms with Crippen LogP contribution in [0, 0.1) is 12.7 Å². The molecule has 2 aromatic carbocycles. The Labute approximate surface area is 158 Å². The van der Waals surface area contributed by atoms with Crippen LogP contribution >= 0.6 is 11.3 Å². The van der Waals surface area contributed by atoms with Crippen molar-refractivity contribution in [1.82, 2.24) is 4.98 Å². The summed E-state index contributed by atoms with van der Waals surface area (Å²) in [4.78, 5) is 27.8. The fraction of sp³-hybridized carbons (Fsp3) is 0.105. The predicted octanol–water partition coefficient (Wildman–Crippen LogP) is 3.52. The molecule has 0 unspecified atom stereocenters. The standard InChI is InChI=1S/C19H16FN3O3S/c1-11-22-14(10-27-11)9-26-15-5-2-12(3-6-15)19(25)23-13-4-7-17(20)16(8-13)18(21)24/h2-8,10H,9H2,1H3,(H2,21,24)(H,23,25). The van der Waals surface area contributed by atoms with E-state index in [1.54, 1.807) is 35.6 Å². The minimum atomic E-state index is -0.902. The lowest BCUT2D eigenvalue weighted by atomic mass is 10.1. The summed E-state index contributed by atoms with van der Waals surface area (Å²) >= 11 is 1.55. The highest BCUT2D eigenvalue weighted by atomic mass is 32.1. The summed E-state index contributed by atoms with van der Waals surface area (Å²) in [6.07, 6.45) is 0. The summed E-state index contributed by atoms with van der Waals surface area (Å²) < 4.78 is 19.1. The van der Waals surface area contributed by atoms with Crippen LogP contribution in [0.15, 0.2) is 47.8 Å². The SMILES string of the molecule is Cc1nc(COc2ccc(C(=O)Nc3ccc(F)c(C(N)=O)c3)cc2)cs1. The topological polar surface area (TPSA) is 94.3 Å². The van der Waals surface area contributed by atoms with Gasteiger partial charge in [-0.3, -0.25) is 9.59 Å². The van der Waals surface area contributed by atoms with Crippen LogP contribution in [0.5, 0.6) is 5.75 Å². The number of amides is 2. The largest absolute Gasteiger partial charge is 0.487 e. The molecule has 0 aliphatic heterocycles. The second-order valence-electron chi connectivity index (χ2n) is 5.68. The first-order valence-corrected chi connectivity index (χ1v) is 8.85. The molecule has 6 nitrogen and oxygen atoms in total. The lowest BCUT2D eigenvalue weighted by molar-refractivity contribution is 0.0992. The lowest BCUT2D eigenvalue weighted by Gasteiger charge is -2.08. The molecule has 1 heterocycles. The molecule has 0 saturated heterocycles. The van der Waals surface area contributed by atoms with Crippen LogP contribution in [0.1, 0.15) is 31.4 Å². The van der Waals surface area contributed by atoms with Crippen molar-refractivity contribution in [2.24, 2.45) is 5.73 Å². The number of hydrogen-bond acceptors (Lipinski definition) is 5. The minimum absolute atomic E-state index is 0.273. The van der Waals surface area contributed by atoms with Gasteiger partial charge in [-0.25, -0.2) is 9.37 Å². The first-order chi connectivity index (χ1) is 12.9. The van der Waals surface area contributed by atoms with Gasteiger partial charge in [-0.15, -0.1) is 11.3 Å². The van der Waals surface area contributed by atoms with Crippen molar-refractivity contribution < 1.29 is 18.7 Å². The first-order valence-electron chi connectivity index (χ1n) is 7.97. The molecule has 3 rings (SSSR count). The van der Waals surface area contributed by atoms with E-state index in [4.69, 9.17) is 10.5 Å². The van der Waals surface area contributed by atoms with E-state index >= 15 is 0 Å². The van der Waals surface area contributed by atoms with E-state index < -0.39 is 17.6 Å². The third-order valence-corrected chi connectivity index (χ3v) is 4.48. The van der Waals surface area contributed by atoms with Crippen molar-refractivity contribution in [3.63, 3.8) is 0 Å². The lowest BCUT2D eigenvalue weighted by Crippen LogP contribution is -2.16. The third kappa shape index (κ3) is 4.68. The average Bonchev–Trinajstić information content (AvgIpc) is 3.07. The van der Waals surface area contributed by atoms with Crippen LogP contribution in [0.4, 0.5) is 10.1 Å². The van der Waals surface area contributed by atoms with Crippen molar-refractivity contribution >= 4 is 28.8 Å². The zero-order chi connectivity index (χ0) is 19.4. The fourth-order valence-electron chi connectivity index (χ4n) is 2.33. The molecule has 0 bridgehead atoms. The summed E-state index contributed by atoms with van der Waals surface area (Å²) in [5, 5.41) is 5.50. The number of carbonyl (C=O) groups excluding carboxylic acids is 2. The second-order valence-corrected chi connectivity index (χ2v) is 6.75. The van der Waals surface area contributed by atoms with E-state index in [1.165, 1.54) is 12.1 Å². The van der Waals surface area contributed by atoms with Gasteiger partial charge in [0, 0.05) is 16.6 Å². The van der Waals surface area contributed by atoms with Gasteiger partial charge >= 0.3 is 0 Å². The van der Waals surface area contributed by atoms with Crippen LogP contribution in [0.25, 0.3) is 0 Å². The van der Waals surface area contributed by atoms with Crippen LogP contribution in [0.2, 0.25) is 0 Å². The number of nitrogens with two attached hydrogens (primary N) is 1. The third-order valence-electron chi connectivity index (χ3n) is 3.66. The zero-order valence-electron chi connectivity index (χ0n) is 14.4. The number of aromatic nitrogens is 1. The number of halogens is 1. The molecule has 0 atom stereocenters. The molecule has 0 spiro atoms. The Bertz CT molecular complexity index is 986. The van der Waals surface area contributed by atoms with Gasteiger partial charge in [-0.1, -0.05) is 0 Å². The Morgan fingerprint density at radius 1 is 1.22 bits per heavy atom. The number of hydrogen-bond donors (Lipinski definition) is 2. The summed E-state index contributed by atoms with van der Waals surface area (Å²) in [6, 6.07) is 10.2. The number of primary amides is 1. The molecule has 1 aromatic heterocycles. The number of aryl methyl sites for hydroxylation is 1. The van der Waals surface area contributed by atoms with Crippen LogP contribution in [-0.2, 0) is 6.61 Å². The van der Waals surface area contributed by atoms with E-state index in [-0.39, 0.29) is 11.3 Å². The molecule has 0 radical (unpaired) electrons. The molecule has 3 N–H and O–H groups in total. The summed E-state index contributed by atoms with van der Waals surface area (Å²) in [5.74, 6) is -1.44. The molecular weight excluding hydrogens is 369 g/mol. The predicted molar refractivity (Wildman–Crippen MR) is 100 cm³/mol. The second kappa shape index (κ2) is 7.96. The Kier molecular flexibility index (Phi) is 5.46. The minimum Gasteiger partial charge on any atom is -0.487 e. The van der Waals surface area contributed by atoms with Crippen molar-refractivity contribution in [1.29, 1.82) is 0 Å². The number of carbonyl (C=O) groups is 2. The first kappa shape index (κ1) is 18.5. The molecule has 0 aliphatic carbocycles. The highest BCUT2D eigenvalue weighted by Gasteiger charge is 2.12. The van der Waals surface area contributed by atoms with E-state index in [2.05, 4.69) is 10.3 Å². The maximum Gasteiger partial charge on any atom is 0.255 e. The molecule has 27 heavy (non-hydrogen) atoms. The number of nitrogens with one attached hydrogen (secondary N) is 1. The molecule has 138 valence electrons. The number of nitrogens with zero attached hydrogens (tertiary/aromatic N) is 1. The van der Waals surface area contributed by atoms with Gasteiger partial charge in [-0.05, 0) is 49.4 Å². The monoisotopic (exact) mass is 385 g/mol. The van der Waals surface area contributed by atoms with Gasteiger partial charge in [0.1, 0.15) is 18.2 Å². The molecule has 0 aliphatic rings. The van der Waals surface area contributed by atoms with E-state index in [9.17, 15) is 14.0 Å². The van der Waals surface area contributed by atoms with Gasteiger partial charge in [0.2, 0.25) is 0 Å². The highest BCUT2D eigenvalue weighted by Crippen LogP contribution is 2.18. The Hall–Kier alpha value is -3.26. The Morgan fingerprint density at radius 2 is 1.96 bits per heavy atom. The Balaban J connectivity index is 1.63. The Morgan fingerprint density at radius 3 is 2.59 bits per heavy atom. The van der Waals surface area contributed by atoms with Gasteiger partial charge in [-0.2, -0.15) is 0 Å². The molecule has 3 aromatic rings. The van der Waals surface area contributed by atoms with E-state index in [0.29, 0.717) is 17.9 Å². The van der Waals surface area contributed by atoms with Gasteiger partial charge < -0.3 is 15.8 Å². The fourth-order valence-corrected chi connectivity index (χ4v) is 2.93. The number of anilines is 1. The number of ether oxygens (including phenoxy) is 1. The van der Waals surface area contributed by atoms with Gasteiger partial charge in [0.05, 0.1) is 16.3 Å². The van der Waals surface area contributed by atoms with Crippen molar-refractivity contribution in [3.05, 3.63) is 75.5 Å². The summed E-state index contributed by atoms with van der Waals surface area (Å²) in [5.41, 5.74) is 6.33. The molecule has 2 amide bonds. The van der Waals surface area contributed by atoms with Crippen molar-refractivity contribution in [3.8, 4) is 5.75 Å². The van der Waals surface area contributed by atoms with Crippen LogP contribution in [-0.4, -0.2) is 16.8 Å². The number of benzene rings is 2. The molecule has 8 heteroatoms. The van der Waals surface area contributed by atoms with Crippen LogP contribution < -0.4 is 15.8 Å². The van der Waals surface area contributed by atoms with Crippen LogP contribution in [0.3, 0.4) is 0 Å². The molecule has 0 fully saturated rings. The zero-order valence-corrected chi connectivity index (χ0v) is 15.2. The number of thiazole rings is 1. The van der Waals surface area contributed by atoms with Crippen molar-refractivity contribution in [2.45, 2.75) is 13.5 Å². The number of rotatable bonds is 6. The summed E-state index contributed by atoms with van der Waals surface area (Å²) in [6.45, 7) is 2.27. The maximum atomic E-state index is 13.5. The highest BCUT2D eigenvalue weighted by molar-refractivity contribution is 7.09. The maximum absolute atomic E-state index is 13.5. The normalized spacial score (nSPS) is 10.4.